The Balaban J connectivity index is 2.34. The number of aryl methyl sites for hydroxylation is 1. The molecule has 30 heavy (non-hydrogen) atoms. The summed E-state index contributed by atoms with van der Waals surface area (Å²) >= 11 is 12.7. The minimum absolute atomic E-state index is 0.136. The van der Waals surface area contributed by atoms with Gasteiger partial charge in [-0.15, -0.1) is 0 Å². The van der Waals surface area contributed by atoms with Gasteiger partial charge < -0.3 is 10.2 Å². The van der Waals surface area contributed by atoms with Crippen LogP contribution in [0, 0.1) is 12.8 Å². The van der Waals surface area contributed by atoms with E-state index in [0.29, 0.717) is 34.5 Å². The van der Waals surface area contributed by atoms with Crippen LogP contribution < -0.4 is 5.32 Å². The first-order valence-electron chi connectivity index (χ1n) is 10.3. The van der Waals surface area contributed by atoms with E-state index in [-0.39, 0.29) is 24.8 Å². The number of halogens is 2. The van der Waals surface area contributed by atoms with Crippen molar-refractivity contribution < 1.29 is 9.59 Å². The molecule has 4 nitrogen and oxygen atoms in total. The van der Waals surface area contributed by atoms with E-state index in [2.05, 4.69) is 5.32 Å². The van der Waals surface area contributed by atoms with Gasteiger partial charge in [0.1, 0.15) is 6.04 Å². The van der Waals surface area contributed by atoms with E-state index in [1.54, 1.807) is 23.1 Å². The van der Waals surface area contributed by atoms with E-state index in [0.717, 1.165) is 11.1 Å². The maximum Gasteiger partial charge on any atom is 0.242 e. The van der Waals surface area contributed by atoms with Crippen LogP contribution in [0.15, 0.2) is 42.5 Å². The molecular formula is C24H30Cl2N2O2. The summed E-state index contributed by atoms with van der Waals surface area (Å²) in [5, 5.41) is 3.92. The predicted octanol–water partition coefficient (Wildman–Crippen LogP) is 5.42. The number of carbonyl (C=O) groups excluding carboxylic acids is 2. The maximum absolute atomic E-state index is 13.4. The van der Waals surface area contributed by atoms with Crippen molar-refractivity contribution in [1.29, 1.82) is 0 Å². The lowest BCUT2D eigenvalue weighted by molar-refractivity contribution is -0.141. The van der Waals surface area contributed by atoms with Crippen molar-refractivity contribution in [2.24, 2.45) is 5.92 Å². The van der Waals surface area contributed by atoms with Gasteiger partial charge in [0.2, 0.25) is 11.8 Å². The Kier molecular flexibility index (Phi) is 9.19. The molecule has 2 rings (SSSR count). The summed E-state index contributed by atoms with van der Waals surface area (Å²) in [5.41, 5.74) is 2.64. The normalized spacial score (nSPS) is 12.0. The minimum atomic E-state index is -0.603. The molecule has 2 amide bonds. The molecule has 0 saturated heterocycles. The molecule has 1 N–H and O–H groups in total. The minimum Gasteiger partial charge on any atom is -0.354 e. The number of nitrogens with one attached hydrogen (secondary N) is 1. The third-order valence-corrected chi connectivity index (χ3v) is 5.61. The predicted molar refractivity (Wildman–Crippen MR) is 124 cm³/mol. The van der Waals surface area contributed by atoms with Crippen LogP contribution in [-0.2, 0) is 22.6 Å². The third-order valence-electron chi connectivity index (χ3n) is 4.90. The van der Waals surface area contributed by atoms with Crippen molar-refractivity contribution >= 4 is 35.0 Å². The molecule has 0 unspecified atom stereocenters. The number of hydrogen-bond acceptors (Lipinski definition) is 2. The van der Waals surface area contributed by atoms with E-state index < -0.39 is 6.04 Å². The number of rotatable bonds is 9. The molecule has 1 atom stereocenters. The number of hydrogen-bond donors (Lipinski definition) is 1. The molecule has 162 valence electrons. The first-order chi connectivity index (χ1) is 14.2. The summed E-state index contributed by atoms with van der Waals surface area (Å²) in [6.45, 7) is 8.69. The second-order valence-electron chi connectivity index (χ2n) is 7.95. The third kappa shape index (κ3) is 6.75. The molecule has 0 heterocycles. The van der Waals surface area contributed by atoms with Crippen LogP contribution in [0.2, 0.25) is 10.0 Å². The highest BCUT2D eigenvalue weighted by Gasteiger charge is 2.29. The quantitative estimate of drug-likeness (QED) is 0.556. The van der Waals surface area contributed by atoms with Gasteiger partial charge in [-0.2, -0.15) is 0 Å². The zero-order chi connectivity index (χ0) is 22.3. The van der Waals surface area contributed by atoms with Gasteiger partial charge in [0.05, 0.1) is 6.42 Å². The van der Waals surface area contributed by atoms with Crippen LogP contribution in [0.4, 0.5) is 0 Å². The molecule has 6 heteroatoms. The Morgan fingerprint density at radius 1 is 1.07 bits per heavy atom. The van der Waals surface area contributed by atoms with E-state index in [1.165, 1.54) is 0 Å². The van der Waals surface area contributed by atoms with Crippen molar-refractivity contribution in [2.45, 2.75) is 53.1 Å². The highest BCUT2D eigenvalue weighted by Crippen LogP contribution is 2.27. The number of amides is 2. The Bertz CT molecular complexity index is 863. The van der Waals surface area contributed by atoms with Crippen molar-refractivity contribution in [3.8, 4) is 0 Å². The van der Waals surface area contributed by atoms with Crippen LogP contribution in [0.3, 0.4) is 0 Å². The maximum atomic E-state index is 13.4. The molecule has 2 aromatic carbocycles. The van der Waals surface area contributed by atoms with Gasteiger partial charge in [0, 0.05) is 28.7 Å². The lowest BCUT2D eigenvalue weighted by atomic mass is 10.0. The highest BCUT2D eigenvalue weighted by atomic mass is 35.5. The van der Waals surface area contributed by atoms with E-state index >= 15 is 0 Å². The standard InChI is InChI=1S/C24H30Cl2N2O2/c1-5-22(24(30)27-14-16(2)3)28(15-19-20(25)10-7-11-21(19)26)23(29)13-18-9-6-8-17(4)12-18/h6-12,16,22H,5,13-15H2,1-4H3,(H,27,30)/t22-/m0/s1. The van der Waals surface area contributed by atoms with Gasteiger partial charge in [-0.3, -0.25) is 9.59 Å². The first-order valence-corrected chi connectivity index (χ1v) is 11.0. The molecule has 0 saturated carbocycles. The number of benzene rings is 2. The van der Waals surface area contributed by atoms with E-state index in [9.17, 15) is 9.59 Å². The Hall–Kier alpha value is -2.04. The molecule has 0 aliphatic heterocycles. The molecule has 2 aromatic rings. The smallest absolute Gasteiger partial charge is 0.242 e. The van der Waals surface area contributed by atoms with Crippen molar-refractivity contribution in [2.75, 3.05) is 6.54 Å². The van der Waals surface area contributed by atoms with E-state index in [1.807, 2.05) is 52.0 Å². The summed E-state index contributed by atoms with van der Waals surface area (Å²) < 4.78 is 0. The molecule has 0 aromatic heterocycles. The van der Waals surface area contributed by atoms with Gasteiger partial charge in [-0.05, 0) is 37.0 Å². The fraction of sp³-hybridized carbons (Fsp3) is 0.417. The van der Waals surface area contributed by atoms with Crippen LogP contribution in [-0.4, -0.2) is 29.3 Å². The summed E-state index contributed by atoms with van der Waals surface area (Å²) in [6.07, 6.45) is 0.698. The average Bonchev–Trinajstić information content (AvgIpc) is 2.68. The molecule has 0 spiro atoms. The van der Waals surface area contributed by atoms with Crippen molar-refractivity contribution in [3.63, 3.8) is 0 Å². The Morgan fingerprint density at radius 3 is 2.27 bits per heavy atom. The molecular weight excluding hydrogens is 419 g/mol. The molecule has 0 aliphatic rings. The van der Waals surface area contributed by atoms with Crippen LogP contribution in [0.5, 0.6) is 0 Å². The Morgan fingerprint density at radius 2 is 1.70 bits per heavy atom. The summed E-state index contributed by atoms with van der Waals surface area (Å²) in [7, 11) is 0. The van der Waals surface area contributed by atoms with Gasteiger partial charge >= 0.3 is 0 Å². The number of nitrogens with zero attached hydrogens (tertiary/aromatic N) is 1. The monoisotopic (exact) mass is 448 g/mol. The molecule has 0 fully saturated rings. The van der Waals surface area contributed by atoms with Crippen LogP contribution >= 0.6 is 23.2 Å². The molecule has 0 bridgehead atoms. The van der Waals surface area contributed by atoms with Gasteiger partial charge in [0.15, 0.2) is 0 Å². The highest BCUT2D eigenvalue weighted by molar-refractivity contribution is 6.36. The SMILES string of the molecule is CC[C@@H](C(=O)NCC(C)C)N(Cc1c(Cl)cccc1Cl)C(=O)Cc1cccc(C)c1. The number of carbonyl (C=O) groups is 2. The van der Waals surface area contributed by atoms with Gasteiger partial charge in [-0.1, -0.05) is 79.9 Å². The van der Waals surface area contributed by atoms with E-state index in [4.69, 9.17) is 23.2 Å². The second kappa shape index (κ2) is 11.4. The molecule has 0 radical (unpaired) electrons. The first kappa shape index (κ1) is 24.2. The van der Waals surface area contributed by atoms with Gasteiger partial charge in [-0.25, -0.2) is 0 Å². The summed E-state index contributed by atoms with van der Waals surface area (Å²) in [4.78, 5) is 27.9. The van der Waals surface area contributed by atoms with Crippen molar-refractivity contribution in [1.82, 2.24) is 10.2 Å². The van der Waals surface area contributed by atoms with Gasteiger partial charge in [0.25, 0.3) is 0 Å². The Labute approximate surface area is 189 Å². The fourth-order valence-corrected chi connectivity index (χ4v) is 3.81. The zero-order valence-electron chi connectivity index (χ0n) is 18.0. The fourth-order valence-electron chi connectivity index (χ4n) is 3.29. The second-order valence-corrected chi connectivity index (χ2v) is 8.77. The van der Waals surface area contributed by atoms with Crippen LogP contribution in [0.1, 0.15) is 43.9 Å². The zero-order valence-corrected chi connectivity index (χ0v) is 19.6. The lowest BCUT2D eigenvalue weighted by Gasteiger charge is -2.31. The summed E-state index contributed by atoms with van der Waals surface area (Å²) in [6, 6.07) is 12.5. The average molecular weight is 449 g/mol. The topological polar surface area (TPSA) is 49.4 Å². The molecule has 0 aliphatic carbocycles. The lowest BCUT2D eigenvalue weighted by Crippen LogP contribution is -2.50. The van der Waals surface area contributed by atoms with Crippen LogP contribution in [0.25, 0.3) is 0 Å². The largest absolute Gasteiger partial charge is 0.354 e. The van der Waals surface area contributed by atoms with Crippen molar-refractivity contribution in [3.05, 3.63) is 69.2 Å². The summed E-state index contributed by atoms with van der Waals surface area (Å²) in [5.74, 6) is 0.0241.